The van der Waals surface area contributed by atoms with E-state index in [0.29, 0.717) is 18.7 Å². The summed E-state index contributed by atoms with van der Waals surface area (Å²) in [6.45, 7) is 7.07. The lowest BCUT2D eigenvalue weighted by atomic mass is 10.1. The molecule has 5 heteroatoms. The molecule has 0 aromatic carbocycles. The molecule has 1 aromatic rings. The summed E-state index contributed by atoms with van der Waals surface area (Å²) in [5, 5.41) is 0.742. The predicted octanol–water partition coefficient (Wildman–Crippen LogP) is 2.32. The summed E-state index contributed by atoms with van der Waals surface area (Å²) in [7, 11) is 0. The molecule has 1 fully saturated rings. The fourth-order valence-corrected chi connectivity index (χ4v) is 2.74. The van der Waals surface area contributed by atoms with Gasteiger partial charge in [-0.15, -0.1) is 0 Å². The first-order valence-corrected chi connectivity index (χ1v) is 7.58. The third kappa shape index (κ3) is 3.34. The molecule has 0 aliphatic carbocycles. The van der Waals surface area contributed by atoms with Crippen LogP contribution in [-0.4, -0.2) is 46.4 Å². The van der Waals surface area contributed by atoms with Gasteiger partial charge >= 0.3 is 0 Å². The molecular weight excluding hydrogens is 308 g/mol. The number of carbonyl (C=O) groups is 1. The van der Waals surface area contributed by atoms with Crippen LogP contribution in [0.4, 0.5) is 0 Å². The second kappa shape index (κ2) is 6.01. The molecule has 1 aromatic heterocycles. The zero-order chi connectivity index (χ0) is 14.0. The van der Waals surface area contributed by atoms with Crippen molar-refractivity contribution in [3.8, 4) is 0 Å². The minimum atomic E-state index is 0.0473. The van der Waals surface area contributed by atoms with Gasteiger partial charge < -0.3 is 9.64 Å². The number of aromatic nitrogens is 1. The van der Waals surface area contributed by atoms with Gasteiger partial charge in [-0.25, -0.2) is 0 Å². The largest absolute Gasteiger partial charge is 0.371 e. The number of rotatable bonds is 2. The highest BCUT2D eigenvalue weighted by Crippen LogP contribution is 2.17. The van der Waals surface area contributed by atoms with Crippen molar-refractivity contribution >= 4 is 21.8 Å². The van der Waals surface area contributed by atoms with Crippen LogP contribution < -0.4 is 0 Å². The summed E-state index contributed by atoms with van der Waals surface area (Å²) < 4.78 is 5.74. The summed E-state index contributed by atoms with van der Waals surface area (Å²) in [5.41, 5.74) is 2.41. The van der Waals surface area contributed by atoms with E-state index in [9.17, 15) is 4.79 Å². The van der Waals surface area contributed by atoms with E-state index in [1.165, 1.54) is 0 Å². The number of halogens is 1. The number of hydrogen-bond donors (Lipinski definition) is 0. The minimum absolute atomic E-state index is 0.0473. The molecule has 2 unspecified atom stereocenters. The highest BCUT2D eigenvalue weighted by Gasteiger charge is 2.29. The van der Waals surface area contributed by atoms with Gasteiger partial charge in [0.15, 0.2) is 0 Å². The van der Waals surface area contributed by atoms with E-state index < -0.39 is 0 Å². The monoisotopic (exact) mass is 326 g/mol. The number of aryl methyl sites for hydroxylation is 2. The first-order chi connectivity index (χ1) is 9.01. The standard InChI is InChI=1S/C14H19BrN2O2/c1-9-4-5-13(11(3)16-9)14(18)17-7-10(2)19-12(6-15)8-17/h4-5,10,12H,6-8H2,1-3H3. The van der Waals surface area contributed by atoms with Crippen LogP contribution in [0.3, 0.4) is 0 Å². The van der Waals surface area contributed by atoms with Gasteiger partial charge in [-0.3, -0.25) is 9.78 Å². The number of alkyl halides is 1. The molecule has 19 heavy (non-hydrogen) atoms. The topological polar surface area (TPSA) is 42.4 Å². The Bertz CT molecular complexity index is 479. The molecule has 1 aliphatic rings. The van der Waals surface area contributed by atoms with Crippen molar-refractivity contribution in [1.82, 2.24) is 9.88 Å². The third-order valence-electron chi connectivity index (χ3n) is 3.24. The summed E-state index contributed by atoms with van der Waals surface area (Å²) in [6, 6.07) is 3.75. The van der Waals surface area contributed by atoms with E-state index in [0.717, 1.165) is 16.7 Å². The molecule has 0 bridgehead atoms. The molecule has 0 radical (unpaired) electrons. The molecule has 2 rings (SSSR count). The van der Waals surface area contributed by atoms with Gasteiger partial charge in [0, 0.05) is 24.1 Å². The van der Waals surface area contributed by atoms with Crippen LogP contribution in [0.2, 0.25) is 0 Å². The van der Waals surface area contributed by atoms with Gasteiger partial charge in [-0.1, -0.05) is 15.9 Å². The van der Waals surface area contributed by atoms with Crippen molar-refractivity contribution in [2.24, 2.45) is 0 Å². The van der Waals surface area contributed by atoms with E-state index >= 15 is 0 Å². The molecule has 0 N–H and O–H groups in total. The Hall–Kier alpha value is -0.940. The summed E-state index contributed by atoms with van der Waals surface area (Å²) in [5.74, 6) is 0.0473. The van der Waals surface area contributed by atoms with Gasteiger partial charge in [0.05, 0.1) is 23.5 Å². The molecule has 0 spiro atoms. The van der Waals surface area contributed by atoms with Gasteiger partial charge in [0.1, 0.15) is 0 Å². The average Bonchev–Trinajstić information content (AvgIpc) is 2.37. The van der Waals surface area contributed by atoms with Crippen LogP contribution in [0, 0.1) is 13.8 Å². The van der Waals surface area contributed by atoms with Crippen molar-refractivity contribution in [3.63, 3.8) is 0 Å². The Morgan fingerprint density at radius 2 is 2.21 bits per heavy atom. The minimum Gasteiger partial charge on any atom is -0.371 e. The van der Waals surface area contributed by atoms with Gasteiger partial charge in [-0.05, 0) is 32.9 Å². The average molecular weight is 327 g/mol. The lowest BCUT2D eigenvalue weighted by molar-refractivity contribution is -0.0560. The lowest BCUT2D eigenvalue weighted by Crippen LogP contribution is -2.49. The Balaban J connectivity index is 2.18. The number of morpholine rings is 1. The van der Waals surface area contributed by atoms with Gasteiger partial charge in [0.25, 0.3) is 5.91 Å². The smallest absolute Gasteiger partial charge is 0.255 e. The van der Waals surface area contributed by atoms with E-state index in [1.807, 2.05) is 37.8 Å². The molecular formula is C14H19BrN2O2. The molecule has 1 amide bonds. The zero-order valence-electron chi connectivity index (χ0n) is 11.5. The number of ether oxygens (including phenoxy) is 1. The van der Waals surface area contributed by atoms with Crippen LogP contribution in [0.15, 0.2) is 12.1 Å². The van der Waals surface area contributed by atoms with Gasteiger partial charge in [-0.2, -0.15) is 0 Å². The maximum Gasteiger partial charge on any atom is 0.255 e. The quantitative estimate of drug-likeness (QED) is 0.783. The Labute approximate surface area is 122 Å². The van der Waals surface area contributed by atoms with Crippen LogP contribution in [-0.2, 0) is 4.74 Å². The molecule has 0 saturated carbocycles. The maximum absolute atomic E-state index is 12.6. The lowest BCUT2D eigenvalue weighted by Gasteiger charge is -2.36. The molecule has 1 saturated heterocycles. The first kappa shape index (κ1) is 14.5. The fraction of sp³-hybridized carbons (Fsp3) is 0.571. The Morgan fingerprint density at radius 3 is 2.84 bits per heavy atom. The van der Waals surface area contributed by atoms with Crippen LogP contribution >= 0.6 is 15.9 Å². The van der Waals surface area contributed by atoms with Crippen molar-refractivity contribution in [2.75, 3.05) is 18.4 Å². The molecule has 104 valence electrons. The van der Waals surface area contributed by atoms with Crippen LogP contribution in [0.5, 0.6) is 0 Å². The predicted molar refractivity (Wildman–Crippen MR) is 77.7 cm³/mol. The zero-order valence-corrected chi connectivity index (χ0v) is 13.1. The van der Waals surface area contributed by atoms with E-state index in [4.69, 9.17) is 4.74 Å². The Morgan fingerprint density at radius 1 is 1.47 bits per heavy atom. The van der Waals surface area contributed by atoms with E-state index in [1.54, 1.807) is 0 Å². The third-order valence-corrected chi connectivity index (χ3v) is 3.96. The highest BCUT2D eigenvalue weighted by atomic mass is 79.9. The summed E-state index contributed by atoms with van der Waals surface area (Å²) in [6.07, 6.45) is 0.130. The molecule has 2 heterocycles. The second-order valence-electron chi connectivity index (χ2n) is 5.02. The van der Waals surface area contributed by atoms with E-state index in [-0.39, 0.29) is 18.1 Å². The van der Waals surface area contributed by atoms with E-state index in [2.05, 4.69) is 20.9 Å². The molecule has 2 atom stereocenters. The van der Waals surface area contributed by atoms with Crippen molar-refractivity contribution < 1.29 is 9.53 Å². The highest BCUT2D eigenvalue weighted by molar-refractivity contribution is 9.09. The maximum atomic E-state index is 12.6. The van der Waals surface area contributed by atoms with Crippen LogP contribution in [0.25, 0.3) is 0 Å². The Kier molecular flexibility index (Phi) is 4.58. The van der Waals surface area contributed by atoms with Crippen molar-refractivity contribution in [2.45, 2.75) is 33.0 Å². The number of pyridine rings is 1. The van der Waals surface area contributed by atoms with Crippen molar-refractivity contribution in [1.29, 1.82) is 0 Å². The normalized spacial score (nSPS) is 23.5. The SMILES string of the molecule is Cc1ccc(C(=O)N2CC(C)OC(CBr)C2)c(C)n1. The van der Waals surface area contributed by atoms with Gasteiger partial charge in [0.2, 0.25) is 0 Å². The molecule has 1 aliphatic heterocycles. The number of carbonyl (C=O) groups excluding carboxylic acids is 1. The molecule has 4 nitrogen and oxygen atoms in total. The van der Waals surface area contributed by atoms with Crippen molar-refractivity contribution in [3.05, 3.63) is 29.1 Å². The fourth-order valence-electron chi connectivity index (χ4n) is 2.38. The first-order valence-electron chi connectivity index (χ1n) is 6.46. The number of amides is 1. The van der Waals surface area contributed by atoms with Crippen LogP contribution in [0.1, 0.15) is 28.7 Å². The number of nitrogens with zero attached hydrogens (tertiary/aromatic N) is 2. The number of hydrogen-bond acceptors (Lipinski definition) is 3. The summed E-state index contributed by atoms with van der Waals surface area (Å²) in [4.78, 5) is 18.8. The second-order valence-corrected chi connectivity index (χ2v) is 5.67. The summed E-state index contributed by atoms with van der Waals surface area (Å²) >= 11 is 3.42.